The van der Waals surface area contributed by atoms with Gasteiger partial charge >= 0.3 is 0 Å². The third-order valence-corrected chi connectivity index (χ3v) is 6.12. The molecule has 0 aliphatic rings. The Bertz CT molecular complexity index is 1330. The van der Waals surface area contributed by atoms with Crippen LogP contribution in [0, 0.1) is 11.3 Å². The van der Waals surface area contributed by atoms with Crippen molar-refractivity contribution in [3.8, 4) is 17.6 Å². The number of allylic oxidation sites excluding steroid dienone is 1. The molecule has 0 saturated carbocycles. The van der Waals surface area contributed by atoms with Gasteiger partial charge in [0.25, 0.3) is 5.91 Å². The van der Waals surface area contributed by atoms with Gasteiger partial charge in [0.1, 0.15) is 18.2 Å². The molecular formula is C30H28Cl2N2O3. The standard InChI is InChI=1S/C30H28Cl2N2O3/c1-4-9-23-14-21(15-25(18-33)30(35)34-20(3)22-10-7-6-8-11-22)16-28(36-5-2)29(23)37-19-24-12-13-26(31)17-27(24)32/h4,6-8,10-17,20H,1,5,9,19H2,2-3H3,(H,34,35)/b25-15-/t20-/m0/s1. The van der Waals surface area contributed by atoms with Gasteiger partial charge in [0.15, 0.2) is 11.5 Å². The maximum Gasteiger partial charge on any atom is 0.262 e. The van der Waals surface area contributed by atoms with E-state index in [0.29, 0.717) is 40.1 Å². The zero-order valence-corrected chi connectivity index (χ0v) is 22.3. The predicted molar refractivity (Wildman–Crippen MR) is 149 cm³/mol. The number of carbonyl (C=O) groups is 1. The summed E-state index contributed by atoms with van der Waals surface area (Å²) in [6, 6.07) is 20.2. The molecule has 0 aliphatic carbocycles. The maximum absolute atomic E-state index is 12.9. The van der Waals surface area contributed by atoms with Crippen molar-refractivity contribution in [2.75, 3.05) is 6.61 Å². The molecule has 1 N–H and O–H groups in total. The second-order valence-electron chi connectivity index (χ2n) is 8.23. The minimum absolute atomic E-state index is 0.0172. The third kappa shape index (κ3) is 7.63. The topological polar surface area (TPSA) is 71.4 Å². The minimum Gasteiger partial charge on any atom is -0.490 e. The Hall–Kier alpha value is -3.72. The lowest BCUT2D eigenvalue weighted by atomic mass is 10.0. The summed E-state index contributed by atoms with van der Waals surface area (Å²) in [6.45, 7) is 8.20. The van der Waals surface area contributed by atoms with Gasteiger partial charge in [-0.2, -0.15) is 5.26 Å². The Kier molecular flexibility index (Phi) is 10.2. The van der Waals surface area contributed by atoms with Gasteiger partial charge in [-0.05, 0) is 61.7 Å². The van der Waals surface area contributed by atoms with Gasteiger partial charge in [0.2, 0.25) is 0 Å². The van der Waals surface area contributed by atoms with E-state index in [4.69, 9.17) is 32.7 Å². The van der Waals surface area contributed by atoms with Crippen LogP contribution in [-0.4, -0.2) is 12.5 Å². The molecule has 37 heavy (non-hydrogen) atoms. The van der Waals surface area contributed by atoms with E-state index in [-0.39, 0.29) is 18.2 Å². The van der Waals surface area contributed by atoms with Crippen LogP contribution in [-0.2, 0) is 17.8 Å². The van der Waals surface area contributed by atoms with Crippen LogP contribution in [0.5, 0.6) is 11.5 Å². The fraction of sp³-hybridized carbons (Fsp3) is 0.200. The number of nitriles is 1. The van der Waals surface area contributed by atoms with Crippen molar-refractivity contribution in [2.24, 2.45) is 0 Å². The van der Waals surface area contributed by atoms with E-state index < -0.39 is 5.91 Å². The molecule has 0 heterocycles. The second kappa shape index (κ2) is 13.5. The Morgan fingerprint density at radius 1 is 1.11 bits per heavy atom. The van der Waals surface area contributed by atoms with Crippen LogP contribution in [0.2, 0.25) is 10.0 Å². The van der Waals surface area contributed by atoms with Gasteiger partial charge in [0, 0.05) is 21.2 Å². The number of nitrogens with zero attached hydrogens (tertiary/aromatic N) is 1. The fourth-order valence-corrected chi connectivity index (χ4v) is 4.17. The monoisotopic (exact) mass is 534 g/mol. The number of carbonyl (C=O) groups excluding carboxylic acids is 1. The molecule has 0 radical (unpaired) electrons. The molecule has 1 atom stereocenters. The Balaban J connectivity index is 1.91. The number of nitrogens with one attached hydrogen (secondary N) is 1. The molecule has 0 aliphatic heterocycles. The average molecular weight is 535 g/mol. The summed E-state index contributed by atoms with van der Waals surface area (Å²) in [5.74, 6) is 0.582. The number of hydrogen-bond acceptors (Lipinski definition) is 4. The Labute approximate surface area is 227 Å². The highest BCUT2D eigenvalue weighted by molar-refractivity contribution is 6.35. The lowest BCUT2D eigenvalue weighted by molar-refractivity contribution is -0.117. The van der Waals surface area contributed by atoms with Gasteiger partial charge < -0.3 is 14.8 Å². The minimum atomic E-state index is -0.459. The molecule has 190 valence electrons. The summed E-state index contributed by atoms with van der Waals surface area (Å²) in [5, 5.41) is 13.7. The first-order valence-corrected chi connectivity index (χ1v) is 12.6. The molecule has 0 bridgehead atoms. The first-order chi connectivity index (χ1) is 17.9. The molecule has 3 aromatic rings. The van der Waals surface area contributed by atoms with Crippen molar-refractivity contribution < 1.29 is 14.3 Å². The lowest BCUT2D eigenvalue weighted by Crippen LogP contribution is -2.27. The molecule has 3 aromatic carbocycles. The van der Waals surface area contributed by atoms with Crippen molar-refractivity contribution in [1.82, 2.24) is 5.32 Å². The van der Waals surface area contributed by atoms with Crippen LogP contribution < -0.4 is 14.8 Å². The quantitative estimate of drug-likeness (QED) is 0.157. The highest BCUT2D eigenvalue weighted by Gasteiger charge is 2.17. The SMILES string of the molecule is C=CCc1cc(/C=C(/C#N)C(=O)N[C@@H](C)c2ccccc2)cc(OCC)c1OCc1ccc(Cl)cc1Cl. The van der Waals surface area contributed by atoms with E-state index >= 15 is 0 Å². The molecule has 0 fully saturated rings. The Morgan fingerprint density at radius 2 is 1.86 bits per heavy atom. The normalized spacial score (nSPS) is 11.8. The number of hydrogen-bond donors (Lipinski definition) is 1. The number of ether oxygens (including phenoxy) is 2. The van der Waals surface area contributed by atoms with Crippen molar-refractivity contribution in [2.45, 2.75) is 32.9 Å². The van der Waals surface area contributed by atoms with E-state index in [1.165, 1.54) is 0 Å². The summed E-state index contributed by atoms with van der Waals surface area (Å²) < 4.78 is 12.0. The van der Waals surface area contributed by atoms with Gasteiger partial charge in [-0.3, -0.25) is 4.79 Å². The van der Waals surface area contributed by atoms with E-state index in [1.54, 1.807) is 30.4 Å². The zero-order valence-electron chi connectivity index (χ0n) is 20.8. The fourth-order valence-electron chi connectivity index (χ4n) is 3.70. The molecule has 5 nitrogen and oxygen atoms in total. The number of benzene rings is 3. The van der Waals surface area contributed by atoms with Crippen molar-refractivity contribution >= 4 is 35.2 Å². The van der Waals surface area contributed by atoms with E-state index in [0.717, 1.165) is 16.7 Å². The summed E-state index contributed by atoms with van der Waals surface area (Å²) in [7, 11) is 0. The third-order valence-electron chi connectivity index (χ3n) is 5.53. The highest BCUT2D eigenvalue weighted by atomic mass is 35.5. The number of amides is 1. The van der Waals surface area contributed by atoms with E-state index in [9.17, 15) is 10.1 Å². The molecule has 0 aromatic heterocycles. The van der Waals surface area contributed by atoms with Gasteiger partial charge in [-0.1, -0.05) is 65.7 Å². The predicted octanol–water partition coefficient (Wildman–Crippen LogP) is 7.48. The van der Waals surface area contributed by atoms with Crippen molar-refractivity contribution in [3.63, 3.8) is 0 Å². The molecule has 0 unspecified atom stereocenters. The first kappa shape index (κ1) is 27.9. The average Bonchev–Trinajstić information content (AvgIpc) is 2.88. The van der Waals surface area contributed by atoms with Gasteiger partial charge in [-0.25, -0.2) is 0 Å². The van der Waals surface area contributed by atoms with E-state index in [1.807, 2.05) is 62.4 Å². The number of halogens is 2. The van der Waals surface area contributed by atoms with Crippen LogP contribution in [0.4, 0.5) is 0 Å². The highest BCUT2D eigenvalue weighted by Crippen LogP contribution is 2.36. The van der Waals surface area contributed by atoms with Crippen molar-refractivity contribution in [1.29, 1.82) is 5.26 Å². The molecular weight excluding hydrogens is 507 g/mol. The summed E-state index contributed by atoms with van der Waals surface area (Å²) >= 11 is 12.3. The van der Waals surface area contributed by atoms with Crippen LogP contribution in [0.3, 0.4) is 0 Å². The first-order valence-electron chi connectivity index (χ1n) is 11.8. The second-order valence-corrected chi connectivity index (χ2v) is 9.08. The molecule has 0 spiro atoms. The van der Waals surface area contributed by atoms with E-state index in [2.05, 4.69) is 11.9 Å². The summed E-state index contributed by atoms with van der Waals surface area (Å²) in [5.41, 5.74) is 3.14. The molecule has 3 rings (SSSR count). The smallest absolute Gasteiger partial charge is 0.262 e. The van der Waals surface area contributed by atoms with Crippen LogP contribution in [0.1, 0.15) is 42.1 Å². The lowest BCUT2D eigenvalue weighted by Gasteiger charge is -2.18. The zero-order chi connectivity index (χ0) is 26.8. The van der Waals surface area contributed by atoms with Crippen LogP contribution >= 0.6 is 23.2 Å². The Morgan fingerprint density at radius 3 is 2.51 bits per heavy atom. The summed E-state index contributed by atoms with van der Waals surface area (Å²) in [4.78, 5) is 12.9. The summed E-state index contributed by atoms with van der Waals surface area (Å²) in [6.07, 6.45) is 3.78. The van der Waals surface area contributed by atoms with Crippen molar-refractivity contribution in [3.05, 3.63) is 111 Å². The number of rotatable bonds is 11. The molecule has 0 saturated heterocycles. The largest absolute Gasteiger partial charge is 0.490 e. The van der Waals surface area contributed by atoms with Crippen LogP contribution in [0.15, 0.2) is 78.9 Å². The van der Waals surface area contributed by atoms with Crippen LogP contribution in [0.25, 0.3) is 6.08 Å². The maximum atomic E-state index is 12.9. The molecule has 1 amide bonds. The van der Waals surface area contributed by atoms with Gasteiger partial charge in [-0.15, -0.1) is 6.58 Å². The van der Waals surface area contributed by atoms with Gasteiger partial charge in [0.05, 0.1) is 12.6 Å². The molecule has 7 heteroatoms.